The smallest absolute Gasteiger partial charge is 0.293 e. The van der Waals surface area contributed by atoms with E-state index < -0.39 is 5.54 Å². The number of hydrogen-bond acceptors (Lipinski definition) is 20. The highest BCUT2D eigenvalue weighted by Crippen LogP contribution is 2.00. The van der Waals surface area contributed by atoms with Crippen LogP contribution in [-0.4, -0.2) is 350 Å². The average molecular weight is 1650 g/mol. The van der Waals surface area contributed by atoms with E-state index in [1.54, 1.807) is 20.0 Å². The molecular weight excluding hydrogens is 1440 g/mol. The molecule has 112 heavy (non-hydrogen) atoms. The number of rotatable bonds is 62. The molecule has 686 valence electrons. The van der Waals surface area contributed by atoms with Crippen LogP contribution in [0.4, 0.5) is 0 Å². The highest BCUT2D eigenvalue weighted by Gasteiger charge is 2.24. The van der Waals surface area contributed by atoms with Gasteiger partial charge in [0.05, 0.1) is 217 Å². The van der Waals surface area contributed by atoms with Crippen LogP contribution < -0.4 is 83.1 Å². The first-order valence-corrected chi connectivity index (χ1v) is 42.4. The van der Waals surface area contributed by atoms with Crippen LogP contribution in [0.3, 0.4) is 0 Å². The number of nitrogens with one attached hydrogen (secondary N) is 4. The Hall–Kier alpha value is -3.00. The lowest BCUT2D eigenvalue weighted by atomic mass is 10.0. The first kappa shape index (κ1) is 132. The van der Waals surface area contributed by atoms with Crippen molar-refractivity contribution in [2.24, 2.45) is 27.9 Å². The van der Waals surface area contributed by atoms with Crippen molar-refractivity contribution >= 4 is 23.5 Å². The van der Waals surface area contributed by atoms with Crippen LogP contribution >= 0.6 is 0 Å². The Balaban J connectivity index is -0.000000112. The van der Waals surface area contributed by atoms with Crippen LogP contribution in [0, 0.1) is 5.41 Å². The number of carbonyl (C=O) groups excluding carboxylic acids is 2. The second-order valence-electron chi connectivity index (χ2n) is 27.2. The van der Waals surface area contributed by atoms with Gasteiger partial charge < -0.3 is 150 Å². The summed E-state index contributed by atoms with van der Waals surface area (Å²) in [7, 11) is 7.74. The molecule has 0 aliphatic carbocycles. The Morgan fingerprint density at radius 1 is 0.500 bits per heavy atom. The van der Waals surface area contributed by atoms with Crippen LogP contribution in [0.25, 0.3) is 0 Å². The van der Waals surface area contributed by atoms with Crippen molar-refractivity contribution in [3.63, 3.8) is 0 Å². The van der Waals surface area contributed by atoms with E-state index in [2.05, 4.69) is 128 Å². The number of carbonyl (C=O) groups is 2. The first-order valence-electron chi connectivity index (χ1n) is 42.4. The number of Topliss-reactive ketones (excluding diaryl/α,β-unsaturated/α-hetero) is 2. The number of ketones is 2. The molecule has 39 N–H and O–H groups in total. The van der Waals surface area contributed by atoms with Crippen LogP contribution in [0.15, 0.2) is 4.99 Å². The fourth-order valence-electron chi connectivity index (χ4n) is 7.86. The highest BCUT2D eigenvalue weighted by atomic mass is 16.6. The Morgan fingerprint density at radius 2 is 0.866 bits per heavy atom. The third-order valence-corrected chi connectivity index (χ3v) is 15.7. The fourth-order valence-corrected chi connectivity index (χ4v) is 7.86. The molecule has 0 aromatic carbocycles. The van der Waals surface area contributed by atoms with Gasteiger partial charge in [-0.05, 0) is 107 Å². The number of nitrogens with zero attached hydrogens (tertiary/aromatic N) is 2. The largest absolute Gasteiger partial charge is 0.391 e. The maximum atomic E-state index is 10.7. The zero-order chi connectivity index (χ0) is 88.0. The Morgan fingerprint density at radius 3 is 1.09 bits per heavy atom. The van der Waals surface area contributed by atoms with Crippen molar-refractivity contribution in [3.05, 3.63) is 0 Å². The average Bonchev–Trinajstić information content (AvgIpc) is 0.958. The van der Waals surface area contributed by atoms with Crippen molar-refractivity contribution in [3.8, 4) is 0 Å². The molecular formula is C78H199N18O16+11. The zero-order valence-electron chi connectivity index (χ0n) is 76.3. The van der Waals surface area contributed by atoms with Gasteiger partial charge in [0, 0.05) is 79.6 Å². The van der Waals surface area contributed by atoms with Crippen LogP contribution in [0.5, 0.6) is 0 Å². The summed E-state index contributed by atoms with van der Waals surface area (Å²) in [5.41, 5.74) is 46.2. The topological polar surface area (TPSA) is 574 Å². The third kappa shape index (κ3) is 139. The predicted molar refractivity (Wildman–Crippen MR) is 454 cm³/mol. The summed E-state index contributed by atoms with van der Waals surface area (Å²) < 4.78 is 52.5. The molecule has 0 aliphatic rings. The van der Waals surface area contributed by atoms with Gasteiger partial charge in [-0.15, -0.1) is 0 Å². The van der Waals surface area contributed by atoms with Crippen molar-refractivity contribution in [2.75, 3.05) is 272 Å². The minimum absolute atomic E-state index is 0.0417. The standard InChI is InChI=1S/2C11H25NO3.C8H19N.C7H16N4O.C7H16N2O.2C7H17NO2.C6H16N2O2.C5H13NO2.C5H13N.C4H11N3/c2*1-2-3-6-13-8-10-15-11-9-14-7-4-5-12;1-6-9(7(2)3)8(4)5;1-5(12)6(8)3-2-4-11-7(9)10;1-6(10)7(9)4-2-3-5-8;1-2-4-9-6-7-10-5-3-8;1-2-3-8(4-6-9)5-7-10;7-1-3-9-5-6-10-4-2-8;1-2-5(6,3-7)4-8;1-4-6(3)5-2;1-6-4(5)7(2)3/h2*2-12H2,1H3;7-8H,6H2,1-5H3;6H,2-4,8H2,1H3,(H4,9,10,11);7H,2-5,8-9H2,1H3;2-8H2,1H3;9-10H,2-7H2,1H3;1-8H2;7-8H,2-4,6H2,1H3;4-5H2,1-3H3;1-3H3,(H2,5,6)/p+11/t;;;6-;7-;;;;;;/m...00....../s1. The molecule has 0 saturated carbocycles. The molecule has 0 unspecified atom stereocenters. The quantitative estimate of drug-likeness (QED) is 0.0153. The number of aliphatic hydroxyl groups excluding tert-OH is 4. The lowest BCUT2D eigenvalue weighted by Gasteiger charge is -2.25. The summed E-state index contributed by atoms with van der Waals surface area (Å²) >= 11 is 0. The van der Waals surface area contributed by atoms with E-state index in [0.29, 0.717) is 118 Å². The molecule has 0 aliphatic heterocycles. The fraction of sp³-hybridized carbons (Fsp3) is 0.949. The molecule has 0 spiro atoms. The summed E-state index contributed by atoms with van der Waals surface area (Å²) in [5, 5.41) is 43.1. The van der Waals surface area contributed by atoms with Gasteiger partial charge in [0.15, 0.2) is 11.7 Å². The van der Waals surface area contributed by atoms with E-state index in [1.807, 2.05) is 28.1 Å². The number of quaternary nitrogens is 11. The van der Waals surface area contributed by atoms with Crippen molar-refractivity contribution in [1.29, 1.82) is 5.41 Å². The summed E-state index contributed by atoms with van der Waals surface area (Å²) in [4.78, 5) is 31.4. The molecule has 0 aromatic heterocycles. The Bertz CT molecular complexity index is 1610. The van der Waals surface area contributed by atoms with E-state index in [0.717, 1.165) is 175 Å². The van der Waals surface area contributed by atoms with Crippen molar-refractivity contribution in [1.82, 2.24) is 4.90 Å². The number of aliphatic hydroxyl groups is 4. The normalized spacial score (nSPS) is 11.0. The molecule has 0 fully saturated rings. The molecule has 0 heterocycles. The highest BCUT2D eigenvalue weighted by molar-refractivity contribution is 5.81. The minimum atomic E-state index is -0.514. The van der Waals surface area contributed by atoms with Gasteiger partial charge in [0.25, 0.3) is 5.96 Å². The van der Waals surface area contributed by atoms with Gasteiger partial charge in [-0.25, -0.2) is 5.41 Å². The molecule has 34 nitrogen and oxygen atoms in total. The number of nitrogens with two attached hydrogens (primary N) is 5. The lowest BCUT2D eigenvalue weighted by molar-refractivity contribution is -0.940. The summed E-state index contributed by atoms with van der Waals surface area (Å²) in [5.74, 6) is 0.849. The first-order chi connectivity index (χ1) is 53.5. The van der Waals surface area contributed by atoms with Gasteiger partial charge in [0.1, 0.15) is 43.7 Å². The van der Waals surface area contributed by atoms with Crippen LogP contribution in [-0.2, 0) is 57.0 Å². The maximum absolute atomic E-state index is 10.7. The van der Waals surface area contributed by atoms with Crippen molar-refractivity contribution < 1.29 is 138 Å². The minimum Gasteiger partial charge on any atom is -0.391 e. The van der Waals surface area contributed by atoms with Gasteiger partial charge >= 0.3 is 0 Å². The second-order valence-corrected chi connectivity index (χ2v) is 27.2. The zero-order valence-corrected chi connectivity index (χ0v) is 76.3. The summed E-state index contributed by atoms with van der Waals surface area (Å²) in [6, 6.07) is 1.18. The molecule has 0 bridgehead atoms. The van der Waals surface area contributed by atoms with E-state index >= 15 is 0 Å². The van der Waals surface area contributed by atoms with Gasteiger partial charge in [-0.1, -0.05) is 47.5 Å². The monoisotopic (exact) mass is 1640 g/mol. The SMILES string of the molecule is CC(=O)[C@@H](N)CCCC[NH3+].CC(=O)[C@@H]([NH3+])CCCN=C(N)N.CCC([NH3+])(CO)CO.CCCCOCCOCCOCCC[NH3+].CCCCOCCOCCOCCC[NH3+].CCCOCCOCC[NH3+].CCC[NH+](CCO)CCO.CC[NH+](C(C)C)C(C)C.CC[NH+](C)CC.C[NH2+]C(=N)N(C)C.NCCOCCOCC[NH3+]. The molecule has 0 rings (SSSR count). The number of hydrogen-bond donors (Lipinski definition) is 20. The van der Waals surface area contributed by atoms with Gasteiger partial charge in [0.2, 0.25) is 0 Å². The third-order valence-electron chi connectivity index (χ3n) is 15.7. The maximum Gasteiger partial charge on any atom is 0.293 e. The number of ether oxygens (including phenoxy) is 10. The molecule has 2 atom stereocenters. The Kier molecular flexibility index (Phi) is 140. The number of unbranched alkanes of at least 4 members (excludes halogenated alkanes) is 3. The van der Waals surface area contributed by atoms with E-state index in [-0.39, 0.29) is 56.0 Å². The molecule has 34 heteroatoms. The van der Waals surface area contributed by atoms with Gasteiger partial charge in [-0.2, -0.15) is 0 Å². The number of aliphatic imine (C=N–C) groups is 1. The lowest BCUT2D eigenvalue weighted by Crippen LogP contribution is -3.17. The Labute approximate surface area is 684 Å². The molecule has 0 aromatic rings. The second kappa shape index (κ2) is 119. The molecule has 0 radical (unpaired) electrons. The van der Waals surface area contributed by atoms with Crippen LogP contribution in [0.2, 0.25) is 0 Å². The van der Waals surface area contributed by atoms with Crippen LogP contribution in [0.1, 0.15) is 187 Å². The van der Waals surface area contributed by atoms with Gasteiger partial charge in [-0.3, -0.25) is 19.9 Å². The predicted octanol–water partition coefficient (Wildman–Crippen LogP) is -8.06. The van der Waals surface area contributed by atoms with E-state index in [4.69, 9.17) is 96.1 Å². The van der Waals surface area contributed by atoms with E-state index in [1.165, 1.54) is 51.2 Å². The number of guanidine groups is 2. The van der Waals surface area contributed by atoms with E-state index in [9.17, 15) is 9.59 Å². The molecule has 0 amide bonds. The molecule has 0 saturated heterocycles. The van der Waals surface area contributed by atoms with Crippen molar-refractivity contribution in [2.45, 2.75) is 217 Å². The summed E-state index contributed by atoms with van der Waals surface area (Å²) in [6.07, 6.45) is 14.0. The summed E-state index contributed by atoms with van der Waals surface area (Å²) in [6.45, 7) is 55.8.